The van der Waals surface area contributed by atoms with Gasteiger partial charge in [-0.3, -0.25) is 0 Å². The van der Waals surface area contributed by atoms with Crippen molar-refractivity contribution in [1.82, 2.24) is 0 Å². The van der Waals surface area contributed by atoms with Gasteiger partial charge in [-0.25, -0.2) is 38.4 Å². The Morgan fingerprint density at radius 1 is 0.288 bits per heavy atom. The molecule has 8 N–H and O–H groups in total. The molecule has 20 nitrogen and oxygen atoms in total. The Kier molecular flexibility index (Phi) is 11.9. The van der Waals surface area contributed by atoms with Crippen molar-refractivity contribution >= 4 is 47.8 Å². The zero-order chi connectivity index (χ0) is 47.9. The summed E-state index contributed by atoms with van der Waals surface area (Å²) in [7, 11) is 0. The van der Waals surface area contributed by atoms with Crippen LogP contribution in [0.2, 0.25) is 0 Å². The zero-order valence-electron chi connectivity index (χ0n) is 34.5. The van der Waals surface area contributed by atoms with Gasteiger partial charge in [-0.15, -0.1) is 0 Å². The number of carbonyl (C=O) groups is 8. The van der Waals surface area contributed by atoms with E-state index in [4.69, 9.17) is 18.9 Å². The number of carboxylic acids is 8. The average Bonchev–Trinajstić information content (AvgIpc) is 3.25. The summed E-state index contributed by atoms with van der Waals surface area (Å²) in [6.07, 6.45) is 1.80. The van der Waals surface area contributed by atoms with E-state index in [2.05, 4.69) is 0 Å². The quantitative estimate of drug-likeness (QED) is 0.0488. The fraction of sp³-hybridized carbons (Fsp3) is 0.304. The van der Waals surface area contributed by atoms with Crippen LogP contribution in [0.25, 0.3) is 0 Å². The van der Waals surface area contributed by atoms with E-state index >= 15 is 0 Å². The number of benzene rings is 4. The Balaban J connectivity index is 1.34. The minimum atomic E-state index is -1.42. The van der Waals surface area contributed by atoms with Crippen molar-refractivity contribution < 1.29 is 98.2 Å². The van der Waals surface area contributed by atoms with Crippen molar-refractivity contribution in [2.45, 2.75) is 38.5 Å². The van der Waals surface area contributed by atoms with Gasteiger partial charge in [0.05, 0.1) is 70.9 Å². The SMILES string of the molecule is O=C(O)c1cc(OCC23CC4(COc5cc(C(=O)O)cc(C(=O)O)c5)CC(COc5cc(C(=O)O)cc(C(=O)O)c5)(C2)CC(COc2cc(C(=O)O)cc(C(=O)O)c2)(C3)C4)cc(C(=O)O)c1. The van der Waals surface area contributed by atoms with Crippen LogP contribution in [0.4, 0.5) is 0 Å². The molecule has 0 heterocycles. The third kappa shape index (κ3) is 9.66. The lowest BCUT2D eigenvalue weighted by Crippen LogP contribution is -2.66. The highest BCUT2D eigenvalue weighted by Gasteiger charge is 2.69. The van der Waals surface area contributed by atoms with Crippen molar-refractivity contribution in [2.24, 2.45) is 21.7 Å². The first-order chi connectivity index (χ1) is 31.0. The smallest absolute Gasteiger partial charge is 0.335 e. The first-order valence-corrected chi connectivity index (χ1v) is 20.0. The van der Waals surface area contributed by atoms with Crippen LogP contribution in [0.5, 0.6) is 23.0 Å². The maximum absolute atomic E-state index is 12.0. The number of hydrogen-bond donors (Lipinski definition) is 8. The summed E-state index contributed by atoms with van der Waals surface area (Å²) in [5, 5.41) is 78.2. The number of carboxylic acid groups (broad SMARTS) is 8. The molecule has 0 aliphatic heterocycles. The Bertz CT molecular complexity index is 2200. The van der Waals surface area contributed by atoms with Gasteiger partial charge in [-0.2, -0.15) is 0 Å². The second kappa shape index (κ2) is 17.1. The summed E-state index contributed by atoms with van der Waals surface area (Å²) in [6.45, 7) is -0.693. The van der Waals surface area contributed by atoms with Gasteiger partial charge < -0.3 is 59.8 Å². The van der Waals surface area contributed by atoms with Gasteiger partial charge in [0, 0.05) is 21.7 Å². The molecule has 8 rings (SSSR count). The standard InChI is InChI=1S/C46H40O20/c47-35(48)23-1-24(36(49)50)6-31(5-23)63-19-43-13-44(20-64-32-7-25(37(51)52)2-26(8-32)38(53)54)16-45(14-43,21-65-33-9-27(39(55)56)3-28(10-33)40(57)58)18-46(15-43,17-44)22-66-34-11-29(41(59)60)4-30(12-34)42(61)62/h1-12H,13-22H2,(H,47,48)(H,49,50)(H,51,52)(H,53,54)(H,55,56)(H,57,58)(H,59,60)(H,61,62). The Morgan fingerprint density at radius 3 is 0.545 bits per heavy atom. The molecule has 20 heteroatoms. The largest absolute Gasteiger partial charge is 0.493 e. The third-order valence-corrected chi connectivity index (χ3v) is 12.3. The second-order valence-electron chi connectivity index (χ2n) is 17.6. The van der Waals surface area contributed by atoms with E-state index in [0.29, 0.717) is 38.5 Å². The summed E-state index contributed by atoms with van der Waals surface area (Å²) in [5.74, 6) is -11.7. The highest BCUT2D eigenvalue weighted by molar-refractivity contribution is 5.97. The van der Waals surface area contributed by atoms with Crippen LogP contribution in [0.15, 0.2) is 72.8 Å². The van der Waals surface area contributed by atoms with Crippen molar-refractivity contribution in [3.05, 3.63) is 117 Å². The third-order valence-electron chi connectivity index (χ3n) is 12.3. The molecule has 4 aromatic rings. The molecule has 4 aliphatic carbocycles. The summed E-state index contributed by atoms with van der Waals surface area (Å²) >= 11 is 0. The minimum Gasteiger partial charge on any atom is -0.493 e. The average molecular weight is 913 g/mol. The molecule has 0 radical (unpaired) electrons. The molecule has 4 aliphatic rings. The highest BCUT2D eigenvalue weighted by Crippen LogP contribution is 2.74. The molecule has 0 amide bonds. The summed E-state index contributed by atoms with van der Waals surface area (Å²) in [4.78, 5) is 96.1. The molecular weight excluding hydrogens is 872 g/mol. The second-order valence-corrected chi connectivity index (χ2v) is 17.6. The van der Waals surface area contributed by atoms with E-state index in [1.807, 2.05) is 0 Å². The van der Waals surface area contributed by atoms with Crippen LogP contribution in [-0.4, -0.2) is 115 Å². The van der Waals surface area contributed by atoms with Gasteiger partial charge in [0.25, 0.3) is 0 Å². The Labute approximate surface area is 372 Å². The lowest BCUT2D eigenvalue weighted by Gasteiger charge is -2.70. The van der Waals surface area contributed by atoms with Crippen LogP contribution < -0.4 is 18.9 Å². The van der Waals surface area contributed by atoms with E-state index < -0.39 is 69.4 Å². The van der Waals surface area contributed by atoms with Crippen LogP contribution in [0.1, 0.15) is 121 Å². The molecule has 66 heavy (non-hydrogen) atoms. The molecule has 0 unspecified atom stereocenters. The molecule has 0 atom stereocenters. The lowest BCUT2D eigenvalue weighted by molar-refractivity contribution is -0.231. The van der Waals surface area contributed by atoms with Gasteiger partial charge in [0.15, 0.2) is 0 Å². The molecule has 4 fully saturated rings. The van der Waals surface area contributed by atoms with Crippen molar-refractivity contribution in [3.63, 3.8) is 0 Å². The minimum absolute atomic E-state index is 0.0889. The molecule has 344 valence electrons. The molecule has 4 aromatic carbocycles. The fourth-order valence-corrected chi connectivity index (χ4v) is 10.8. The van der Waals surface area contributed by atoms with Crippen LogP contribution in [0, 0.1) is 21.7 Å². The first kappa shape index (κ1) is 45.9. The predicted octanol–water partition coefficient (Wildman–Crippen LogP) is 6.22. The first-order valence-electron chi connectivity index (χ1n) is 20.0. The topological polar surface area (TPSA) is 335 Å². The molecular formula is C46H40O20. The monoisotopic (exact) mass is 912 g/mol. The fourth-order valence-electron chi connectivity index (χ4n) is 10.8. The molecule has 0 saturated heterocycles. The van der Waals surface area contributed by atoms with Gasteiger partial charge in [0.2, 0.25) is 0 Å². The predicted molar refractivity (Wildman–Crippen MR) is 221 cm³/mol. The number of hydrogen-bond acceptors (Lipinski definition) is 12. The maximum atomic E-state index is 12.0. The van der Waals surface area contributed by atoms with E-state index in [0.717, 1.165) is 72.8 Å². The van der Waals surface area contributed by atoms with E-state index in [1.165, 1.54) is 0 Å². The van der Waals surface area contributed by atoms with E-state index in [9.17, 15) is 79.2 Å². The molecule has 4 bridgehead atoms. The Hall–Kier alpha value is -8.16. The van der Waals surface area contributed by atoms with Gasteiger partial charge in [0.1, 0.15) is 23.0 Å². The highest BCUT2D eigenvalue weighted by atomic mass is 16.5. The summed E-state index contributed by atoms with van der Waals surface area (Å²) < 4.78 is 25.2. The van der Waals surface area contributed by atoms with Crippen LogP contribution >= 0.6 is 0 Å². The lowest BCUT2D eigenvalue weighted by atomic mass is 9.36. The number of rotatable bonds is 20. The van der Waals surface area contributed by atoms with Crippen LogP contribution in [0.3, 0.4) is 0 Å². The molecule has 4 saturated carbocycles. The number of ether oxygens (including phenoxy) is 4. The van der Waals surface area contributed by atoms with Gasteiger partial charge >= 0.3 is 47.8 Å². The van der Waals surface area contributed by atoms with Crippen LogP contribution in [-0.2, 0) is 0 Å². The zero-order valence-corrected chi connectivity index (χ0v) is 34.5. The van der Waals surface area contributed by atoms with Gasteiger partial charge in [-0.1, -0.05) is 0 Å². The summed E-state index contributed by atoms with van der Waals surface area (Å²) in [6, 6.07) is 13.1. The Morgan fingerprint density at radius 2 is 0.424 bits per heavy atom. The summed E-state index contributed by atoms with van der Waals surface area (Å²) in [5.41, 5.74) is -6.69. The van der Waals surface area contributed by atoms with Crippen molar-refractivity contribution in [2.75, 3.05) is 26.4 Å². The molecule has 0 aromatic heterocycles. The van der Waals surface area contributed by atoms with E-state index in [-0.39, 0.29) is 93.9 Å². The molecule has 0 spiro atoms. The van der Waals surface area contributed by atoms with Gasteiger partial charge in [-0.05, 0) is 111 Å². The van der Waals surface area contributed by atoms with Crippen molar-refractivity contribution in [3.8, 4) is 23.0 Å². The maximum Gasteiger partial charge on any atom is 0.335 e. The normalized spacial score (nSPS) is 22.4. The van der Waals surface area contributed by atoms with Crippen molar-refractivity contribution in [1.29, 1.82) is 0 Å². The van der Waals surface area contributed by atoms with E-state index in [1.54, 1.807) is 0 Å². The number of aromatic carboxylic acids is 8.